The Morgan fingerprint density at radius 3 is 2.62 bits per heavy atom. The first-order valence-corrected chi connectivity index (χ1v) is 6.51. The number of rotatable bonds is 5. The van der Waals surface area contributed by atoms with Crippen molar-refractivity contribution in [3.63, 3.8) is 0 Å². The number of nitro groups is 1. The Labute approximate surface area is 121 Å². The lowest BCUT2D eigenvalue weighted by atomic mass is 10.1. The fraction of sp³-hybridized carbons (Fsp3) is 0.308. The van der Waals surface area contributed by atoms with Gasteiger partial charge in [-0.2, -0.15) is 5.10 Å². The van der Waals surface area contributed by atoms with Gasteiger partial charge in [-0.05, 0) is 26.0 Å². The number of nitrogens with zero attached hydrogens (tertiary/aromatic N) is 5. The van der Waals surface area contributed by atoms with Gasteiger partial charge in [0.1, 0.15) is 18.3 Å². The van der Waals surface area contributed by atoms with Gasteiger partial charge in [0.2, 0.25) is 0 Å². The van der Waals surface area contributed by atoms with Gasteiger partial charge in [0, 0.05) is 24.7 Å². The molecule has 2 rings (SSSR count). The van der Waals surface area contributed by atoms with E-state index < -0.39 is 4.92 Å². The molecule has 1 aromatic heterocycles. The van der Waals surface area contributed by atoms with E-state index in [9.17, 15) is 14.9 Å². The molecule has 0 spiro atoms. The Bertz CT molecular complexity index is 650. The predicted molar refractivity (Wildman–Crippen MR) is 75.3 cm³/mol. The molecular weight excluding hydrogens is 274 g/mol. The molecule has 0 radical (unpaired) electrons. The summed E-state index contributed by atoms with van der Waals surface area (Å²) in [6.45, 7) is 4.82. The molecule has 0 saturated heterocycles. The number of hydrogen-bond donors (Lipinski definition) is 0. The lowest BCUT2D eigenvalue weighted by molar-refractivity contribution is -0.384. The van der Waals surface area contributed by atoms with Crippen molar-refractivity contribution in [1.82, 2.24) is 19.7 Å². The largest absolute Gasteiger partial charge is 0.339 e. The first-order chi connectivity index (χ1) is 10.1. The first-order valence-electron chi connectivity index (χ1n) is 6.51. The number of carbonyl (C=O) groups excluding carboxylic acids is 1. The molecule has 1 amide bonds. The van der Waals surface area contributed by atoms with E-state index in [1.807, 2.05) is 13.8 Å². The van der Waals surface area contributed by atoms with Crippen LogP contribution in [0.4, 0.5) is 5.69 Å². The highest BCUT2D eigenvalue weighted by atomic mass is 16.6. The second kappa shape index (κ2) is 6.12. The second-order valence-corrected chi connectivity index (χ2v) is 4.28. The number of hydrogen-bond acceptors (Lipinski definition) is 5. The average molecular weight is 289 g/mol. The van der Waals surface area contributed by atoms with Gasteiger partial charge in [-0.1, -0.05) is 0 Å². The Morgan fingerprint density at radius 2 is 2.10 bits per heavy atom. The molecule has 110 valence electrons. The highest BCUT2D eigenvalue weighted by molar-refractivity contribution is 5.95. The fourth-order valence-electron chi connectivity index (χ4n) is 2.02. The van der Waals surface area contributed by atoms with Crippen LogP contribution in [0.2, 0.25) is 0 Å². The van der Waals surface area contributed by atoms with E-state index in [1.165, 1.54) is 29.5 Å². The molecule has 0 aliphatic carbocycles. The third-order valence-corrected chi connectivity index (χ3v) is 3.14. The third kappa shape index (κ3) is 2.88. The van der Waals surface area contributed by atoms with Crippen molar-refractivity contribution >= 4 is 11.6 Å². The minimum absolute atomic E-state index is 0.182. The Balaban J connectivity index is 2.46. The second-order valence-electron chi connectivity index (χ2n) is 4.28. The van der Waals surface area contributed by atoms with E-state index in [-0.39, 0.29) is 22.8 Å². The Kier molecular flexibility index (Phi) is 4.27. The van der Waals surface area contributed by atoms with Crippen molar-refractivity contribution in [2.24, 2.45) is 0 Å². The van der Waals surface area contributed by atoms with Gasteiger partial charge in [0.25, 0.3) is 11.6 Å². The molecule has 2 aromatic rings. The number of nitro benzene ring substituents is 1. The van der Waals surface area contributed by atoms with Crippen molar-refractivity contribution in [2.45, 2.75) is 13.8 Å². The topological polar surface area (TPSA) is 94.2 Å². The summed E-state index contributed by atoms with van der Waals surface area (Å²) < 4.78 is 1.30. The molecule has 8 nitrogen and oxygen atoms in total. The minimum atomic E-state index is -0.532. The van der Waals surface area contributed by atoms with Crippen LogP contribution in [0.25, 0.3) is 5.69 Å². The van der Waals surface area contributed by atoms with Crippen LogP contribution in [0.3, 0.4) is 0 Å². The maximum atomic E-state index is 12.2. The van der Waals surface area contributed by atoms with Gasteiger partial charge >= 0.3 is 0 Å². The van der Waals surface area contributed by atoms with Crippen LogP contribution < -0.4 is 0 Å². The highest BCUT2D eigenvalue weighted by Gasteiger charge is 2.21. The summed E-state index contributed by atoms with van der Waals surface area (Å²) in [5.41, 5.74) is 0.376. The maximum absolute atomic E-state index is 12.2. The zero-order chi connectivity index (χ0) is 15.4. The predicted octanol–water partition coefficient (Wildman–Crippen LogP) is 1.66. The smallest absolute Gasteiger partial charge is 0.295 e. The van der Waals surface area contributed by atoms with Crippen LogP contribution in [-0.4, -0.2) is 43.6 Å². The molecule has 0 aliphatic heterocycles. The molecule has 8 heteroatoms. The number of aromatic nitrogens is 3. The Morgan fingerprint density at radius 1 is 1.38 bits per heavy atom. The van der Waals surface area contributed by atoms with Crippen molar-refractivity contribution < 1.29 is 9.72 Å². The molecule has 1 aromatic carbocycles. The average Bonchev–Trinajstić information content (AvgIpc) is 3.01. The van der Waals surface area contributed by atoms with Crippen LogP contribution in [0, 0.1) is 10.1 Å². The number of amides is 1. The van der Waals surface area contributed by atoms with Crippen LogP contribution in [0.5, 0.6) is 0 Å². The molecule has 0 saturated carbocycles. The van der Waals surface area contributed by atoms with Crippen LogP contribution in [0.1, 0.15) is 24.2 Å². The third-order valence-electron chi connectivity index (χ3n) is 3.14. The van der Waals surface area contributed by atoms with Crippen LogP contribution in [-0.2, 0) is 0 Å². The summed E-state index contributed by atoms with van der Waals surface area (Å²) in [6.07, 6.45) is 2.66. The number of benzene rings is 1. The highest BCUT2D eigenvalue weighted by Crippen LogP contribution is 2.24. The summed E-state index contributed by atoms with van der Waals surface area (Å²) >= 11 is 0. The van der Waals surface area contributed by atoms with Gasteiger partial charge < -0.3 is 4.90 Å². The fourth-order valence-corrected chi connectivity index (χ4v) is 2.02. The van der Waals surface area contributed by atoms with Crippen LogP contribution >= 0.6 is 0 Å². The SMILES string of the molecule is CCN(CC)C(=O)c1ccc(-n2cncn2)c([N+](=O)[O-])c1. The summed E-state index contributed by atoms with van der Waals surface area (Å²) in [7, 11) is 0. The van der Waals surface area contributed by atoms with E-state index in [2.05, 4.69) is 10.1 Å². The van der Waals surface area contributed by atoms with Gasteiger partial charge in [0.15, 0.2) is 0 Å². The first kappa shape index (κ1) is 14.6. The molecule has 0 atom stereocenters. The minimum Gasteiger partial charge on any atom is -0.339 e. The van der Waals surface area contributed by atoms with Gasteiger partial charge in [-0.3, -0.25) is 14.9 Å². The quantitative estimate of drug-likeness (QED) is 0.616. The van der Waals surface area contributed by atoms with Crippen molar-refractivity contribution in [2.75, 3.05) is 13.1 Å². The van der Waals surface area contributed by atoms with Gasteiger partial charge in [-0.25, -0.2) is 9.67 Å². The van der Waals surface area contributed by atoms with Crippen LogP contribution in [0.15, 0.2) is 30.9 Å². The molecular formula is C13H15N5O3. The van der Waals surface area contributed by atoms with E-state index in [1.54, 1.807) is 11.0 Å². The van der Waals surface area contributed by atoms with E-state index in [4.69, 9.17) is 0 Å². The molecule has 0 bridgehead atoms. The molecule has 0 N–H and O–H groups in total. The molecule has 1 heterocycles. The standard InChI is InChI=1S/C13H15N5O3/c1-3-16(4-2)13(19)10-5-6-11(12(7-10)18(20)21)17-9-14-8-15-17/h5-9H,3-4H2,1-2H3. The van der Waals surface area contributed by atoms with Gasteiger partial charge in [0.05, 0.1) is 4.92 Å². The zero-order valence-corrected chi connectivity index (χ0v) is 11.8. The summed E-state index contributed by atoms with van der Waals surface area (Å²) in [5, 5.41) is 15.1. The Hall–Kier alpha value is -2.77. The summed E-state index contributed by atoms with van der Waals surface area (Å²) in [6, 6.07) is 4.34. The van der Waals surface area contributed by atoms with Gasteiger partial charge in [-0.15, -0.1) is 0 Å². The van der Waals surface area contributed by atoms with E-state index in [0.29, 0.717) is 13.1 Å². The summed E-state index contributed by atoms with van der Waals surface area (Å²) in [4.78, 5) is 28.3. The number of carbonyl (C=O) groups is 1. The normalized spacial score (nSPS) is 10.4. The molecule has 0 aliphatic rings. The molecule has 0 unspecified atom stereocenters. The van der Waals surface area contributed by atoms with E-state index in [0.717, 1.165) is 0 Å². The lowest BCUT2D eigenvalue weighted by Gasteiger charge is -2.18. The maximum Gasteiger partial charge on any atom is 0.295 e. The molecule has 21 heavy (non-hydrogen) atoms. The molecule has 0 fully saturated rings. The van der Waals surface area contributed by atoms with Crippen molar-refractivity contribution in [3.8, 4) is 5.69 Å². The summed E-state index contributed by atoms with van der Waals surface area (Å²) in [5.74, 6) is -0.228. The zero-order valence-electron chi connectivity index (χ0n) is 11.8. The lowest BCUT2D eigenvalue weighted by Crippen LogP contribution is -2.30. The van der Waals surface area contributed by atoms with Crippen molar-refractivity contribution in [1.29, 1.82) is 0 Å². The monoisotopic (exact) mass is 289 g/mol. The van der Waals surface area contributed by atoms with E-state index >= 15 is 0 Å². The van der Waals surface area contributed by atoms with Crippen molar-refractivity contribution in [3.05, 3.63) is 46.5 Å².